The number of rotatable bonds is 6. The van der Waals surface area contributed by atoms with Gasteiger partial charge in [-0.3, -0.25) is 0 Å². The van der Waals surface area contributed by atoms with E-state index in [0.29, 0.717) is 18.4 Å². The quantitative estimate of drug-likeness (QED) is 0.859. The van der Waals surface area contributed by atoms with Gasteiger partial charge >= 0.3 is 0 Å². The Morgan fingerprint density at radius 2 is 2.11 bits per heavy atom. The average molecular weight is 275 g/mol. The highest BCUT2D eigenvalue weighted by atomic mass is 35.5. The molecule has 18 heavy (non-hydrogen) atoms. The van der Waals surface area contributed by atoms with Gasteiger partial charge in [0.05, 0.1) is 16.7 Å². The van der Waals surface area contributed by atoms with Gasteiger partial charge < -0.3 is 9.84 Å². The van der Waals surface area contributed by atoms with Gasteiger partial charge in [0.1, 0.15) is 5.82 Å². The zero-order chi connectivity index (χ0) is 13.8. The van der Waals surface area contributed by atoms with E-state index in [-0.39, 0.29) is 17.0 Å². The Balaban J connectivity index is 2.55. The molecule has 1 atom stereocenters. The first-order valence-corrected chi connectivity index (χ1v) is 6.39. The van der Waals surface area contributed by atoms with Gasteiger partial charge in [0, 0.05) is 13.5 Å². The number of ether oxygens (including phenoxy) is 1. The minimum atomic E-state index is -0.590. The normalized spacial score (nSPS) is 13.7. The molecule has 1 N–H and O–H groups in total. The Hall–Kier alpha value is -0.640. The molecule has 0 fully saturated rings. The second-order valence-electron chi connectivity index (χ2n) is 5.07. The summed E-state index contributed by atoms with van der Waals surface area (Å²) in [6.07, 6.45) is 0.957. The van der Waals surface area contributed by atoms with Gasteiger partial charge in [-0.05, 0) is 38.3 Å². The van der Waals surface area contributed by atoms with Crippen LogP contribution in [0.4, 0.5) is 4.39 Å². The van der Waals surface area contributed by atoms with E-state index in [1.807, 2.05) is 13.8 Å². The molecule has 2 nitrogen and oxygen atoms in total. The van der Waals surface area contributed by atoms with Crippen LogP contribution in [0.25, 0.3) is 0 Å². The zero-order valence-electron chi connectivity index (χ0n) is 11.0. The molecular weight excluding hydrogens is 255 g/mol. The molecule has 0 saturated carbocycles. The highest BCUT2D eigenvalue weighted by Gasteiger charge is 2.19. The van der Waals surface area contributed by atoms with Crippen LogP contribution in [-0.2, 0) is 11.2 Å². The standard InChI is InChI=1S/C14H20ClFO2/c1-14(2,18-3)8-7-11(17)9-10-5-4-6-12(15)13(10)16/h4-6,11,17H,7-9H2,1-3H3. The summed E-state index contributed by atoms with van der Waals surface area (Å²) in [5.74, 6) is -0.441. The SMILES string of the molecule is COC(C)(C)CCC(O)Cc1cccc(Cl)c1F. The van der Waals surface area contributed by atoms with Crippen molar-refractivity contribution in [2.45, 2.75) is 44.8 Å². The Morgan fingerprint density at radius 1 is 1.44 bits per heavy atom. The molecule has 0 amide bonds. The molecule has 0 aliphatic heterocycles. The zero-order valence-corrected chi connectivity index (χ0v) is 11.8. The third kappa shape index (κ3) is 4.56. The molecule has 0 radical (unpaired) electrons. The number of aliphatic hydroxyl groups excluding tert-OH is 1. The molecule has 0 heterocycles. The summed E-state index contributed by atoms with van der Waals surface area (Å²) in [5.41, 5.74) is 0.179. The number of hydrogen-bond acceptors (Lipinski definition) is 2. The van der Waals surface area contributed by atoms with Crippen molar-refractivity contribution in [3.8, 4) is 0 Å². The molecule has 0 aliphatic rings. The summed E-state index contributed by atoms with van der Waals surface area (Å²) in [6.45, 7) is 3.92. The van der Waals surface area contributed by atoms with Crippen molar-refractivity contribution < 1.29 is 14.2 Å². The molecular formula is C14H20ClFO2. The molecule has 102 valence electrons. The van der Waals surface area contributed by atoms with Crippen molar-refractivity contribution in [3.63, 3.8) is 0 Å². The lowest BCUT2D eigenvalue weighted by Gasteiger charge is -2.24. The smallest absolute Gasteiger partial charge is 0.145 e. The van der Waals surface area contributed by atoms with Crippen molar-refractivity contribution in [1.29, 1.82) is 0 Å². The van der Waals surface area contributed by atoms with E-state index in [0.717, 1.165) is 0 Å². The van der Waals surface area contributed by atoms with E-state index in [4.69, 9.17) is 16.3 Å². The van der Waals surface area contributed by atoms with E-state index in [1.165, 1.54) is 6.07 Å². The average Bonchev–Trinajstić information content (AvgIpc) is 2.33. The maximum absolute atomic E-state index is 13.6. The second-order valence-corrected chi connectivity index (χ2v) is 5.48. The highest BCUT2D eigenvalue weighted by molar-refractivity contribution is 6.30. The van der Waals surface area contributed by atoms with E-state index in [1.54, 1.807) is 19.2 Å². The van der Waals surface area contributed by atoms with E-state index < -0.39 is 11.9 Å². The van der Waals surface area contributed by atoms with Crippen LogP contribution in [0.1, 0.15) is 32.3 Å². The monoisotopic (exact) mass is 274 g/mol. The number of aliphatic hydroxyl groups is 1. The first kappa shape index (κ1) is 15.4. The lowest BCUT2D eigenvalue weighted by molar-refractivity contribution is 0.00301. The van der Waals surface area contributed by atoms with E-state index in [2.05, 4.69) is 0 Å². The Morgan fingerprint density at radius 3 is 2.72 bits per heavy atom. The molecule has 0 saturated heterocycles. The number of methoxy groups -OCH3 is 1. The topological polar surface area (TPSA) is 29.5 Å². The first-order chi connectivity index (χ1) is 8.35. The molecule has 0 aromatic heterocycles. The van der Waals surface area contributed by atoms with Gasteiger partial charge in [0.2, 0.25) is 0 Å². The van der Waals surface area contributed by atoms with Gasteiger partial charge in [-0.25, -0.2) is 4.39 Å². The predicted octanol–water partition coefficient (Wildman–Crippen LogP) is 3.59. The third-order valence-electron chi connectivity index (χ3n) is 3.12. The fourth-order valence-corrected chi connectivity index (χ4v) is 1.87. The summed E-state index contributed by atoms with van der Waals surface area (Å²) in [5, 5.41) is 10.0. The number of benzene rings is 1. The molecule has 1 rings (SSSR count). The fraction of sp³-hybridized carbons (Fsp3) is 0.571. The second kappa shape index (κ2) is 6.50. The van der Waals surface area contributed by atoms with E-state index >= 15 is 0 Å². The Kier molecular flexibility index (Phi) is 5.57. The van der Waals surface area contributed by atoms with Crippen molar-refractivity contribution in [3.05, 3.63) is 34.6 Å². The molecule has 1 aromatic carbocycles. The summed E-state index contributed by atoms with van der Waals surface area (Å²) >= 11 is 5.69. The maximum atomic E-state index is 13.6. The van der Waals surface area contributed by atoms with Crippen LogP contribution in [-0.4, -0.2) is 23.9 Å². The van der Waals surface area contributed by atoms with Crippen LogP contribution in [0, 0.1) is 5.82 Å². The molecule has 4 heteroatoms. The van der Waals surface area contributed by atoms with Gasteiger partial charge in [-0.15, -0.1) is 0 Å². The van der Waals surface area contributed by atoms with Crippen LogP contribution in [0.2, 0.25) is 5.02 Å². The highest BCUT2D eigenvalue weighted by Crippen LogP contribution is 2.22. The first-order valence-electron chi connectivity index (χ1n) is 6.02. The summed E-state index contributed by atoms with van der Waals surface area (Å²) in [6, 6.07) is 4.83. The van der Waals surface area contributed by atoms with Gasteiger partial charge in [-0.2, -0.15) is 0 Å². The van der Waals surface area contributed by atoms with Crippen LogP contribution >= 0.6 is 11.6 Å². The minimum absolute atomic E-state index is 0.0944. The maximum Gasteiger partial charge on any atom is 0.145 e. The molecule has 1 aromatic rings. The van der Waals surface area contributed by atoms with Crippen molar-refractivity contribution in [2.75, 3.05) is 7.11 Å². The van der Waals surface area contributed by atoms with Crippen molar-refractivity contribution in [2.24, 2.45) is 0 Å². The van der Waals surface area contributed by atoms with E-state index in [9.17, 15) is 9.50 Å². The lowest BCUT2D eigenvalue weighted by Crippen LogP contribution is -2.25. The predicted molar refractivity (Wildman–Crippen MR) is 71.4 cm³/mol. The van der Waals surface area contributed by atoms with Crippen LogP contribution in [0.3, 0.4) is 0 Å². The van der Waals surface area contributed by atoms with Crippen molar-refractivity contribution >= 4 is 11.6 Å². The van der Waals surface area contributed by atoms with Crippen LogP contribution < -0.4 is 0 Å². The van der Waals surface area contributed by atoms with Gasteiger partial charge in [0.15, 0.2) is 0 Å². The fourth-order valence-electron chi connectivity index (χ4n) is 1.68. The van der Waals surface area contributed by atoms with Crippen LogP contribution in [0.15, 0.2) is 18.2 Å². The largest absolute Gasteiger partial charge is 0.393 e. The Labute approximate surface area is 113 Å². The lowest BCUT2D eigenvalue weighted by atomic mass is 9.97. The molecule has 1 unspecified atom stereocenters. The Bertz CT molecular complexity index is 393. The third-order valence-corrected chi connectivity index (χ3v) is 3.41. The van der Waals surface area contributed by atoms with Gasteiger partial charge in [0.25, 0.3) is 0 Å². The molecule has 0 bridgehead atoms. The molecule has 0 aliphatic carbocycles. The van der Waals surface area contributed by atoms with Crippen molar-refractivity contribution in [1.82, 2.24) is 0 Å². The molecule has 0 spiro atoms. The summed E-state index contributed by atoms with van der Waals surface area (Å²) < 4.78 is 18.9. The number of halogens is 2. The number of hydrogen-bond donors (Lipinski definition) is 1. The summed E-state index contributed by atoms with van der Waals surface area (Å²) in [7, 11) is 1.64. The summed E-state index contributed by atoms with van der Waals surface area (Å²) in [4.78, 5) is 0. The van der Waals surface area contributed by atoms with Crippen LogP contribution in [0.5, 0.6) is 0 Å². The minimum Gasteiger partial charge on any atom is -0.393 e. The van der Waals surface area contributed by atoms with Gasteiger partial charge in [-0.1, -0.05) is 23.7 Å².